The van der Waals surface area contributed by atoms with Crippen molar-refractivity contribution in [3.8, 4) is 0 Å². The van der Waals surface area contributed by atoms with Crippen molar-refractivity contribution >= 4 is 29.2 Å². The van der Waals surface area contributed by atoms with Crippen molar-refractivity contribution < 1.29 is 51.4 Å². The molecule has 0 atom stereocenters. The van der Waals surface area contributed by atoms with E-state index in [-0.39, 0.29) is 51.4 Å². The van der Waals surface area contributed by atoms with Crippen LogP contribution < -0.4 is 51.4 Å². The Bertz CT molecular complexity index is 146. The summed E-state index contributed by atoms with van der Waals surface area (Å²) in [5.74, 6) is 0. The zero-order chi connectivity index (χ0) is 8.27. The second-order valence-electron chi connectivity index (χ2n) is 3.17. The van der Waals surface area contributed by atoms with Gasteiger partial charge >= 0.3 is 51.4 Å². The number of hydrogen-bond donors (Lipinski definition) is 0. The molecule has 0 radical (unpaired) electrons. The fraction of sp³-hybridized carbons (Fsp3) is 0.875. The fourth-order valence-electron chi connectivity index (χ4n) is 1.62. The van der Waals surface area contributed by atoms with Crippen LogP contribution in [-0.2, 0) is 12.6 Å². The second-order valence-corrected chi connectivity index (χ2v) is 4.20. The first kappa shape index (κ1) is 13.7. The quantitative estimate of drug-likeness (QED) is 0.324. The van der Waals surface area contributed by atoms with E-state index in [1.54, 1.807) is 0 Å². The largest absolute Gasteiger partial charge is 1.00 e. The summed E-state index contributed by atoms with van der Waals surface area (Å²) in [7, 11) is 2.02. The Balaban J connectivity index is 0.00000121. The first-order valence-electron chi connectivity index (χ1n) is 4.15. The molecule has 0 heterocycles. The molecule has 0 aromatic rings. The van der Waals surface area contributed by atoms with Crippen molar-refractivity contribution in [2.24, 2.45) is 0 Å². The molecule has 1 nitrogen and oxygen atoms in total. The van der Waals surface area contributed by atoms with Gasteiger partial charge in [0.1, 0.15) is 0 Å². The van der Waals surface area contributed by atoms with Gasteiger partial charge in [0.05, 0.1) is 0 Å². The van der Waals surface area contributed by atoms with Crippen LogP contribution >= 0.6 is 12.2 Å². The third-order valence-electron chi connectivity index (χ3n) is 2.41. The molecule has 0 bridgehead atoms. The van der Waals surface area contributed by atoms with E-state index in [0.29, 0.717) is 10.4 Å². The molecule has 1 aliphatic carbocycles. The van der Waals surface area contributed by atoms with Crippen molar-refractivity contribution in [2.45, 2.75) is 38.1 Å². The van der Waals surface area contributed by atoms with E-state index < -0.39 is 0 Å². The van der Waals surface area contributed by atoms with Crippen LogP contribution in [0.3, 0.4) is 0 Å². The molecule has 64 valence electrons. The molecule has 1 aliphatic rings. The van der Waals surface area contributed by atoms with Crippen molar-refractivity contribution in [3.63, 3.8) is 0 Å². The zero-order valence-electron chi connectivity index (χ0n) is 7.88. The van der Waals surface area contributed by atoms with Gasteiger partial charge in [-0.1, -0.05) is 23.6 Å². The Morgan fingerprint density at radius 1 is 1.33 bits per heavy atom. The standard InChI is InChI=1S/C8H15NS2.K/c1-9(8(10)11)7-5-3-2-4-6-7;/h7H,2-6H2,1H3,(H,10,11);/q;+1/p-1. The summed E-state index contributed by atoms with van der Waals surface area (Å²) >= 11 is 9.88. The number of nitrogens with zero attached hydrogens (tertiary/aromatic N) is 1. The number of hydrogen-bond acceptors (Lipinski definition) is 2. The summed E-state index contributed by atoms with van der Waals surface area (Å²) in [6, 6.07) is 0.633. The molecule has 0 aromatic heterocycles. The summed E-state index contributed by atoms with van der Waals surface area (Å²) < 4.78 is 0.622. The van der Waals surface area contributed by atoms with Crippen molar-refractivity contribution in [1.29, 1.82) is 0 Å². The van der Waals surface area contributed by atoms with Crippen LogP contribution in [0.1, 0.15) is 32.1 Å². The maximum absolute atomic E-state index is 4.94. The van der Waals surface area contributed by atoms with E-state index in [1.165, 1.54) is 32.1 Å². The van der Waals surface area contributed by atoms with E-state index in [2.05, 4.69) is 4.90 Å². The SMILES string of the molecule is CN(C(=S)[S-])C1CCCCC1.[K+]. The number of rotatable bonds is 1. The Morgan fingerprint density at radius 3 is 2.25 bits per heavy atom. The van der Waals surface area contributed by atoms with Crippen LogP contribution in [0.2, 0.25) is 0 Å². The van der Waals surface area contributed by atoms with Crippen LogP contribution in [0.5, 0.6) is 0 Å². The van der Waals surface area contributed by atoms with Gasteiger partial charge in [-0.3, -0.25) is 0 Å². The van der Waals surface area contributed by atoms with Gasteiger partial charge in [-0.2, -0.15) is 0 Å². The molecule has 0 aromatic carbocycles. The van der Waals surface area contributed by atoms with E-state index in [9.17, 15) is 0 Å². The molecular weight excluding hydrogens is 213 g/mol. The van der Waals surface area contributed by atoms with Crippen LogP contribution in [0.4, 0.5) is 0 Å². The first-order chi connectivity index (χ1) is 5.22. The van der Waals surface area contributed by atoms with Gasteiger partial charge < -0.3 is 29.7 Å². The molecule has 12 heavy (non-hydrogen) atoms. The Hall–Kier alpha value is 1.75. The van der Waals surface area contributed by atoms with Gasteiger partial charge in [-0.15, -0.1) is 0 Å². The maximum atomic E-state index is 4.94. The molecule has 4 heteroatoms. The molecule has 1 fully saturated rings. The third-order valence-corrected chi connectivity index (χ3v) is 2.99. The summed E-state index contributed by atoms with van der Waals surface area (Å²) in [6.07, 6.45) is 6.61. The molecule has 0 saturated heterocycles. The molecular formula is C8H14KNS2. The molecule has 0 N–H and O–H groups in total. The Kier molecular flexibility index (Phi) is 8.13. The molecule has 0 unspecified atom stereocenters. The van der Waals surface area contributed by atoms with Gasteiger partial charge in [-0.25, -0.2) is 0 Å². The smallest absolute Gasteiger partial charge is 0.411 e. The predicted molar refractivity (Wildman–Crippen MR) is 54.6 cm³/mol. The molecule has 0 amide bonds. The normalized spacial score (nSPS) is 18.1. The summed E-state index contributed by atoms with van der Waals surface area (Å²) in [5, 5.41) is 0. The van der Waals surface area contributed by atoms with Crippen LogP contribution in [0.15, 0.2) is 0 Å². The molecule has 1 rings (SSSR count). The summed E-state index contributed by atoms with van der Waals surface area (Å²) in [6.45, 7) is 0. The average molecular weight is 227 g/mol. The third kappa shape index (κ3) is 4.31. The van der Waals surface area contributed by atoms with Gasteiger partial charge in [0.25, 0.3) is 0 Å². The zero-order valence-corrected chi connectivity index (χ0v) is 12.6. The van der Waals surface area contributed by atoms with Crippen molar-refractivity contribution in [3.05, 3.63) is 0 Å². The van der Waals surface area contributed by atoms with E-state index in [4.69, 9.17) is 24.8 Å². The minimum absolute atomic E-state index is 0. The average Bonchev–Trinajstić information content (AvgIpc) is 2.05. The summed E-state index contributed by atoms with van der Waals surface area (Å²) in [5.41, 5.74) is 0. The van der Waals surface area contributed by atoms with Gasteiger partial charge in [0.2, 0.25) is 0 Å². The van der Waals surface area contributed by atoms with Crippen LogP contribution in [0.25, 0.3) is 0 Å². The second kappa shape index (κ2) is 7.09. The van der Waals surface area contributed by atoms with Crippen molar-refractivity contribution in [2.75, 3.05) is 7.05 Å². The Labute approximate surface area is 128 Å². The minimum Gasteiger partial charge on any atom is -0.411 e. The maximum Gasteiger partial charge on any atom is 1.00 e. The van der Waals surface area contributed by atoms with E-state index in [0.717, 1.165) is 0 Å². The topological polar surface area (TPSA) is 3.24 Å². The number of thiocarbonyl (C=S) groups is 1. The monoisotopic (exact) mass is 227 g/mol. The van der Waals surface area contributed by atoms with Gasteiger partial charge in [-0.05, 0) is 12.8 Å². The molecule has 1 saturated carbocycles. The van der Waals surface area contributed by atoms with E-state index >= 15 is 0 Å². The van der Waals surface area contributed by atoms with Crippen LogP contribution in [-0.4, -0.2) is 22.3 Å². The van der Waals surface area contributed by atoms with Gasteiger partial charge in [0, 0.05) is 13.1 Å². The molecule has 0 aliphatic heterocycles. The van der Waals surface area contributed by atoms with E-state index in [1.807, 2.05) is 7.05 Å². The van der Waals surface area contributed by atoms with Gasteiger partial charge in [0.15, 0.2) is 0 Å². The fourth-order valence-corrected chi connectivity index (χ4v) is 1.92. The van der Waals surface area contributed by atoms with Crippen molar-refractivity contribution in [1.82, 2.24) is 4.90 Å². The van der Waals surface area contributed by atoms with Crippen LogP contribution in [0, 0.1) is 0 Å². The Morgan fingerprint density at radius 2 is 1.83 bits per heavy atom. The minimum atomic E-state index is 0. The first-order valence-corrected chi connectivity index (χ1v) is 4.97. The molecule has 0 spiro atoms. The predicted octanol–water partition coefficient (Wildman–Crippen LogP) is -0.913. The summed E-state index contributed by atoms with van der Waals surface area (Å²) in [4.78, 5) is 2.07.